The molecule has 0 aromatic carbocycles. The van der Waals surface area contributed by atoms with Gasteiger partial charge in [-0.3, -0.25) is 4.79 Å². The number of carbonyl (C=O) groups excluding carboxylic acids is 1. The maximum atomic E-state index is 10.4. The summed E-state index contributed by atoms with van der Waals surface area (Å²) in [7, 11) is 1.75. The van der Waals surface area contributed by atoms with Gasteiger partial charge in [-0.15, -0.1) is 0 Å². The van der Waals surface area contributed by atoms with E-state index in [4.69, 9.17) is 5.73 Å². The van der Waals surface area contributed by atoms with E-state index in [1.807, 2.05) is 0 Å². The summed E-state index contributed by atoms with van der Waals surface area (Å²) < 4.78 is 0. The van der Waals surface area contributed by atoms with Gasteiger partial charge < -0.3 is 11.1 Å². The molecule has 0 atom stereocenters. The molecule has 3 heteroatoms. The molecule has 0 fully saturated rings. The van der Waals surface area contributed by atoms with Gasteiger partial charge in [0, 0.05) is 18.3 Å². The number of primary amides is 1. The van der Waals surface area contributed by atoms with E-state index in [9.17, 15) is 4.79 Å². The lowest BCUT2D eigenvalue weighted by Gasteiger charge is -2.01. The highest BCUT2D eigenvalue weighted by molar-refractivity contribution is 5.91. The van der Waals surface area contributed by atoms with Crippen LogP contribution in [0.2, 0.25) is 0 Å². The summed E-state index contributed by atoms with van der Waals surface area (Å²) in [6.45, 7) is 3.49. The Balaban J connectivity index is 4.28. The Morgan fingerprint density at radius 1 is 1.44 bits per heavy atom. The van der Waals surface area contributed by atoms with E-state index in [-0.39, 0.29) is 5.91 Å². The molecule has 0 unspecified atom stereocenters. The Morgan fingerprint density at radius 2 is 1.89 bits per heavy atom. The minimum Gasteiger partial charge on any atom is -0.391 e. The van der Waals surface area contributed by atoms with Crippen LogP contribution in [-0.4, -0.2) is 13.0 Å². The monoisotopic (exact) mass is 128 g/mol. The third-order valence-electron chi connectivity index (χ3n) is 1.31. The zero-order valence-electron chi connectivity index (χ0n) is 5.99. The first-order valence-corrected chi connectivity index (χ1v) is 2.74. The van der Waals surface area contributed by atoms with Crippen molar-refractivity contribution < 1.29 is 4.79 Å². The van der Waals surface area contributed by atoms with Crippen LogP contribution in [0.1, 0.15) is 13.8 Å². The summed E-state index contributed by atoms with van der Waals surface area (Å²) in [4.78, 5) is 10.4. The van der Waals surface area contributed by atoms with Gasteiger partial charge in [0.1, 0.15) is 0 Å². The third kappa shape index (κ3) is 2.17. The summed E-state index contributed by atoms with van der Waals surface area (Å²) in [6.07, 6.45) is 0. The molecule has 0 spiro atoms. The first kappa shape index (κ1) is 8.01. The van der Waals surface area contributed by atoms with Crippen molar-refractivity contribution in [1.29, 1.82) is 0 Å². The molecule has 0 radical (unpaired) electrons. The average molecular weight is 128 g/mol. The van der Waals surface area contributed by atoms with Crippen molar-refractivity contribution in [2.45, 2.75) is 13.8 Å². The second-order valence-corrected chi connectivity index (χ2v) is 1.86. The van der Waals surface area contributed by atoms with Crippen LogP contribution < -0.4 is 11.1 Å². The summed E-state index contributed by atoms with van der Waals surface area (Å²) in [6, 6.07) is 0. The highest BCUT2D eigenvalue weighted by Gasteiger charge is 1.99. The van der Waals surface area contributed by atoms with Crippen molar-refractivity contribution >= 4 is 5.91 Å². The molecular weight excluding hydrogens is 116 g/mol. The molecule has 3 nitrogen and oxygen atoms in total. The molecule has 9 heavy (non-hydrogen) atoms. The van der Waals surface area contributed by atoms with Crippen molar-refractivity contribution in [3.05, 3.63) is 11.3 Å². The first-order valence-electron chi connectivity index (χ1n) is 2.74. The molecule has 0 rings (SSSR count). The van der Waals surface area contributed by atoms with E-state index in [1.54, 1.807) is 20.9 Å². The topological polar surface area (TPSA) is 55.1 Å². The fraction of sp³-hybridized carbons (Fsp3) is 0.500. The molecule has 52 valence electrons. The molecule has 0 aromatic rings. The number of nitrogens with one attached hydrogen (secondary N) is 1. The fourth-order valence-corrected chi connectivity index (χ4v) is 0.372. The number of carbonyl (C=O) groups is 1. The van der Waals surface area contributed by atoms with Gasteiger partial charge in [0.15, 0.2) is 0 Å². The number of hydrogen-bond acceptors (Lipinski definition) is 2. The second-order valence-electron chi connectivity index (χ2n) is 1.86. The quantitative estimate of drug-likeness (QED) is 0.514. The van der Waals surface area contributed by atoms with E-state index < -0.39 is 0 Å². The molecule has 0 heterocycles. The zero-order chi connectivity index (χ0) is 7.44. The predicted molar refractivity (Wildman–Crippen MR) is 36.6 cm³/mol. The number of rotatable bonds is 2. The van der Waals surface area contributed by atoms with E-state index >= 15 is 0 Å². The Kier molecular flexibility index (Phi) is 2.78. The number of nitrogens with two attached hydrogens (primary N) is 1. The van der Waals surface area contributed by atoms with Crippen molar-refractivity contribution in [1.82, 2.24) is 5.32 Å². The van der Waals surface area contributed by atoms with Crippen LogP contribution in [0.5, 0.6) is 0 Å². The van der Waals surface area contributed by atoms with Gasteiger partial charge in [-0.25, -0.2) is 0 Å². The lowest BCUT2D eigenvalue weighted by atomic mass is 10.2. The van der Waals surface area contributed by atoms with Crippen molar-refractivity contribution in [3.63, 3.8) is 0 Å². The minimum atomic E-state index is -0.373. The number of hydrogen-bond donors (Lipinski definition) is 2. The minimum absolute atomic E-state index is 0.373. The van der Waals surface area contributed by atoms with Crippen molar-refractivity contribution in [2.75, 3.05) is 7.05 Å². The molecule has 0 aliphatic carbocycles. The Labute approximate surface area is 54.9 Å². The van der Waals surface area contributed by atoms with Gasteiger partial charge in [0.2, 0.25) is 5.91 Å². The summed E-state index contributed by atoms with van der Waals surface area (Å²) in [5.41, 5.74) is 6.38. The highest BCUT2D eigenvalue weighted by atomic mass is 16.1. The van der Waals surface area contributed by atoms with Gasteiger partial charge in [0.05, 0.1) is 0 Å². The van der Waals surface area contributed by atoms with Crippen LogP contribution in [0.25, 0.3) is 0 Å². The van der Waals surface area contributed by atoms with E-state index in [2.05, 4.69) is 5.32 Å². The molecule has 3 N–H and O–H groups in total. The normalized spacial score (nSPS) is 12.3. The molecule has 1 amide bonds. The summed E-state index contributed by atoms with van der Waals surface area (Å²) in [5.74, 6) is -0.373. The van der Waals surface area contributed by atoms with Gasteiger partial charge in [-0.1, -0.05) is 0 Å². The summed E-state index contributed by atoms with van der Waals surface area (Å²) in [5, 5.41) is 2.82. The van der Waals surface area contributed by atoms with Crippen LogP contribution in [0, 0.1) is 0 Å². The standard InChI is InChI=1S/C6H12N2O/c1-4(6(7)9)5(2)8-3/h8H,1-3H3,(H2,7,9). The molecule has 0 saturated heterocycles. The third-order valence-corrected chi connectivity index (χ3v) is 1.31. The van der Waals surface area contributed by atoms with Gasteiger partial charge >= 0.3 is 0 Å². The van der Waals surface area contributed by atoms with Crippen molar-refractivity contribution in [2.24, 2.45) is 5.73 Å². The lowest BCUT2D eigenvalue weighted by molar-refractivity contribution is -0.114. The molecule has 0 aliphatic rings. The Morgan fingerprint density at radius 3 is 2.00 bits per heavy atom. The zero-order valence-corrected chi connectivity index (χ0v) is 5.99. The highest BCUT2D eigenvalue weighted by Crippen LogP contribution is 1.95. The molecular formula is C6H12N2O. The lowest BCUT2D eigenvalue weighted by Crippen LogP contribution is -2.17. The molecule has 0 aromatic heterocycles. The maximum absolute atomic E-state index is 10.4. The smallest absolute Gasteiger partial charge is 0.246 e. The van der Waals surface area contributed by atoms with Crippen LogP contribution in [0.3, 0.4) is 0 Å². The Hall–Kier alpha value is -0.990. The predicted octanol–water partition coefficient (Wildman–Crippen LogP) is -0.0150. The first-order chi connectivity index (χ1) is 4.09. The van der Waals surface area contributed by atoms with Crippen LogP contribution >= 0.6 is 0 Å². The van der Waals surface area contributed by atoms with Crippen molar-refractivity contribution in [3.8, 4) is 0 Å². The maximum Gasteiger partial charge on any atom is 0.246 e. The van der Waals surface area contributed by atoms with Crippen LogP contribution in [-0.2, 0) is 4.79 Å². The molecule has 0 saturated carbocycles. The van der Waals surface area contributed by atoms with Gasteiger partial charge in [0.25, 0.3) is 0 Å². The van der Waals surface area contributed by atoms with E-state index in [1.165, 1.54) is 0 Å². The van der Waals surface area contributed by atoms with E-state index in [0.717, 1.165) is 5.70 Å². The fourth-order valence-electron chi connectivity index (χ4n) is 0.372. The second kappa shape index (κ2) is 3.12. The van der Waals surface area contributed by atoms with Gasteiger partial charge in [-0.2, -0.15) is 0 Å². The van der Waals surface area contributed by atoms with Crippen LogP contribution in [0.15, 0.2) is 11.3 Å². The van der Waals surface area contributed by atoms with Crippen LogP contribution in [0.4, 0.5) is 0 Å². The largest absolute Gasteiger partial charge is 0.391 e. The Bertz CT molecular complexity index is 149. The van der Waals surface area contributed by atoms with E-state index in [0.29, 0.717) is 5.57 Å². The molecule has 0 bridgehead atoms. The summed E-state index contributed by atoms with van der Waals surface area (Å²) >= 11 is 0. The van der Waals surface area contributed by atoms with Gasteiger partial charge in [-0.05, 0) is 13.8 Å². The average Bonchev–Trinajstić information content (AvgIpc) is 1.84. The number of amides is 1. The SMILES string of the molecule is CNC(C)=C(C)C(N)=O. The molecule has 0 aliphatic heterocycles. The number of allylic oxidation sites excluding steroid dienone is 1.